The maximum absolute atomic E-state index is 9.21. The zero-order valence-corrected chi connectivity index (χ0v) is 11.6. The summed E-state index contributed by atoms with van der Waals surface area (Å²) in [5.74, 6) is 0.798. The Morgan fingerprint density at radius 1 is 1.32 bits per heavy atom. The van der Waals surface area contributed by atoms with E-state index in [0.29, 0.717) is 6.61 Å². The van der Waals surface area contributed by atoms with Crippen molar-refractivity contribution in [2.24, 2.45) is 5.73 Å². The number of benzene rings is 1. The second kappa shape index (κ2) is 6.78. The number of aliphatic hydroxyl groups is 1. The molecule has 1 atom stereocenters. The van der Waals surface area contributed by atoms with Gasteiger partial charge in [-0.05, 0) is 32.3 Å². The minimum absolute atomic E-state index is 0.0663. The average Bonchev–Trinajstić information content (AvgIpc) is 2.47. The van der Waals surface area contributed by atoms with E-state index in [0.717, 1.165) is 24.4 Å². The number of aliphatic hydroxyl groups excluding tert-OH is 1. The summed E-state index contributed by atoms with van der Waals surface area (Å²) in [5, 5.41) is 9.21. The van der Waals surface area contributed by atoms with Crippen LogP contribution in [-0.2, 0) is 0 Å². The number of ether oxygens (including phenoxy) is 1. The van der Waals surface area contributed by atoms with Gasteiger partial charge in [-0.15, -0.1) is 0 Å². The van der Waals surface area contributed by atoms with E-state index in [4.69, 9.17) is 10.5 Å². The third-order valence-electron chi connectivity index (χ3n) is 3.61. The second-order valence-corrected chi connectivity index (χ2v) is 4.99. The first kappa shape index (κ1) is 14.2. The summed E-state index contributed by atoms with van der Waals surface area (Å²) in [5.41, 5.74) is 7.98. The molecule has 0 aliphatic carbocycles. The first-order valence-electron chi connectivity index (χ1n) is 7.14. The molecule has 0 unspecified atom stereocenters. The Morgan fingerprint density at radius 3 is 2.68 bits per heavy atom. The number of hydrogen-bond donors (Lipinski definition) is 2. The molecule has 1 aliphatic heterocycles. The Hall–Kier alpha value is -1.26. The normalized spacial score (nSPS) is 17.3. The van der Waals surface area contributed by atoms with Crippen LogP contribution in [0.2, 0.25) is 0 Å². The molecule has 1 saturated heterocycles. The lowest BCUT2D eigenvalue weighted by Crippen LogP contribution is -2.29. The van der Waals surface area contributed by atoms with Crippen LogP contribution < -0.4 is 15.4 Å². The summed E-state index contributed by atoms with van der Waals surface area (Å²) in [6.45, 7) is 4.72. The van der Waals surface area contributed by atoms with Gasteiger partial charge in [0.2, 0.25) is 0 Å². The molecule has 4 heteroatoms. The topological polar surface area (TPSA) is 58.7 Å². The largest absolute Gasteiger partial charge is 0.493 e. The molecule has 2 rings (SSSR count). The average molecular weight is 264 g/mol. The molecule has 0 bridgehead atoms. The van der Waals surface area contributed by atoms with Gasteiger partial charge in [-0.2, -0.15) is 0 Å². The van der Waals surface area contributed by atoms with Crippen molar-refractivity contribution < 1.29 is 9.84 Å². The van der Waals surface area contributed by atoms with Crippen molar-refractivity contribution in [3.63, 3.8) is 0 Å². The van der Waals surface area contributed by atoms with Gasteiger partial charge in [0, 0.05) is 30.4 Å². The highest BCUT2D eigenvalue weighted by Gasteiger charge is 2.16. The van der Waals surface area contributed by atoms with E-state index in [-0.39, 0.29) is 12.6 Å². The fourth-order valence-corrected chi connectivity index (χ4v) is 2.56. The van der Waals surface area contributed by atoms with Crippen molar-refractivity contribution in [2.75, 3.05) is 31.2 Å². The van der Waals surface area contributed by atoms with Crippen molar-refractivity contribution >= 4 is 5.69 Å². The third-order valence-corrected chi connectivity index (χ3v) is 3.61. The van der Waals surface area contributed by atoms with Crippen molar-refractivity contribution in [2.45, 2.75) is 32.2 Å². The van der Waals surface area contributed by atoms with E-state index in [1.165, 1.54) is 24.9 Å². The SMILES string of the molecule is CCOc1cc(N2CCCCC2)ccc1[C@H](N)CO. The Bertz CT molecular complexity index is 403. The number of hydrogen-bond acceptors (Lipinski definition) is 4. The molecule has 0 saturated carbocycles. The Kier molecular flexibility index (Phi) is 5.05. The van der Waals surface area contributed by atoms with Gasteiger partial charge < -0.3 is 20.5 Å². The van der Waals surface area contributed by atoms with Gasteiger partial charge in [0.1, 0.15) is 5.75 Å². The van der Waals surface area contributed by atoms with E-state index in [1.807, 2.05) is 13.0 Å². The molecule has 106 valence electrons. The van der Waals surface area contributed by atoms with E-state index in [2.05, 4.69) is 17.0 Å². The Balaban J connectivity index is 2.24. The summed E-state index contributed by atoms with van der Waals surface area (Å²) in [6, 6.07) is 5.74. The van der Waals surface area contributed by atoms with Crippen molar-refractivity contribution in [3.8, 4) is 5.75 Å². The van der Waals surface area contributed by atoms with E-state index >= 15 is 0 Å². The van der Waals surface area contributed by atoms with E-state index in [1.54, 1.807) is 0 Å². The zero-order chi connectivity index (χ0) is 13.7. The van der Waals surface area contributed by atoms with Gasteiger partial charge in [-0.1, -0.05) is 6.07 Å². The molecule has 1 heterocycles. The summed E-state index contributed by atoms with van der Waals surface area (Å²) < 4.78 is 5.67. The highest BCUT2D eigenvalue weighted by Crippen LogP contribution is 2.30. The summed E-state index contributed by atoms with van der Waals surface area (Å²) in [7, 11) is 0. The summed E-state index contributed by atoms with van der Waals surface area (Å²) in [4.78, 5) is 2.39. The van der Waals surface area contributed by atoms with Crippen LogP contribution in [-0.4, -0.2) is 31.4 Å². The van der Waals surface area contributed by atoms with E-state index < -0.39 is 0 Å². The fourth-order valence-electron chi connectivity index (χ4n) is 2.56. The van der Waals surface area contributed by atoms with Crippen LogP contribution in [0.3, 0.4) is 0 Å². The molecule has 0 aromatic heterocycles. The third kappa shape index (κ3) is 3.39. The zero-order valence-electron chi connectivity index (χ0n) is 11.6. The summed E-state index contributed by atoms with van der Waals surface area (Å²) in [6.07, 6.45) is 3.83. The van der Waals surface area contributed by atoms with Gasteiger partial charge in [0.15, 0.2) is 0 Å². The van der Waals surface area contributed by atoms with Crippen LogP contribution in [0.4, 0.5) is 5.69 Å². The molecular weight excluding hydrogens is 240 g/mol. The van der Waals surface area contributed by atoms with Crippen molar-refractivity contribution in [1.82, 2.24) is 0 Å². The molecule has 1 aromatic rings. The quantitative estimate of drug-likeness (QED) is 0.854. The summed E-state index contributed by atoms with van der Waals surface area (Å²) >= 11 is 0. The predicted octanol–water partition coefficient (Wildman–Crippen LogP) is 2.07. The highest BCUT2D eigenvalue weighted by molar-refractivity contribution is 5.54. The van der Waals surface area contributed by atoms with Gasteiger partial charge in [0.25, 0.3) is 0 Å². The Labute approximate surface area is 115 Å². The maximum atomic E-state index is 9.21. The second-order valence-electron chi connectivity index (χ2n) is 4.99. The van der Waals surface area contributed by atoms with Gasteiger partial charge in [0.05, 0.1) is 19.3 Å². The van der Waals surface area contributed by atoms with Crippen LogP contribution in [0.1, 0.15) is 37.8 Å². The monoisotopic (exact) mass is 264 g/mol. The molecule has 19 heavy (non-hydrogen) atoms. The smallest absolute Gasteiger partial charge is 0.126 e. The molecule has 0 radical (unpaired) electrons. The van der Waals surface area contributed by atoms with Crippen molar-refractivity contribution in [3.05, 3.63) is 23.8 Å². The van der Waals surface area contributed by atoms with Crippen LogP contribution in [0.15, 0.2) is 18.2 Å². The molecule has 1 fully saturated rings. The van der Waals surface area contributed by atoms with Gasteiger partial charge in [-0.3, -0.25) is 0 Å². The van der Waals surface area contributed by atoms with Gasteiger partial charge in [-0.25, -0.2) is 0 Å². The lowest BCUT2D eigenvalue weighted by molar-refractivity contribution is 0.261. The lowest BCUT2D eigenvalue weighted by atomic mass is 10.0. The van der Waals surface area contributed by atoms with Crippen LogP contribution in [0.25, 0.3) is 0 Å². The minimum Gasteiger partial charge on any atom is -0.493 e. The van der Waals surface area contributed by atoms with Crippen molar-refractivity contribution in [1.29, 1.82) is 0 Å². The fraction of sp³-hybridized carbons (Fsp3) is 0.600. The molecule has 0 amide bonds. The van der Waals surface area contributed by atoms with Crippen LogP contribution in [0.5, 0.6) is 5.75 Å². The number of piperidine rings is 1. The maximum Gasteiger partial charge on any atom is 0.126 e. The number of nitrogens with two attached hydrogens (primary N) is 1. The predicted molar refractivity (Wildman–Crippen MR) is 77.7 cm³/mol. The number of nitrogens with zero attached hydrogens (tertiary/aromatic N) is 1. The van der Waals surface area contributed by atoms with Crippen LogP contribution in [0, 0.1) is 0 Å². The highest BCUT2D eigenvalue weighted by atomic mass is 16.5. The first-order valence-corrected chi connectivity index (χ1v) is 7.14. The molecule has 1 aliphatic rings. The molecule has 1 aromatic carbocycles. The molecule has 4 nitrogen and oxygen atoms in total. The molecule has 3 N–H and O–H groups in total. The standard InChI is InChI=1S/C15H24N2O2/c1-2-19-15-10-12(17-8-4-3-5-9-17)6-7-13(15)14(16)11-18/h6-7,10,14,18H,2-5,8-9,11,16H2,1H3/t14-/m1/s1. The molecular formula is C15H24N2O2. The molecule has 0 spiro atoms. The minimum atomic E-state index is -0.378. The lowest BCUT2D eigenvalue weighted by Gasteiger charge is -2.29. The van der Waals surface area contributed by atoms with Gasteiger partial charge >= 0.3 is 0 Å². The van der Waals surface area contributed by atoms with Crippen LogP contribution >= 0.6 is 0 Å². The number of anilines is 1. The Morgan fingerprint density at radius 2 is 2.05 bits per heavy atom. The first-order chi connectivity index (χ1) is 9.26. The van der Waals surface area contributed by atoms with E-state index in [9.17, 15) is 5.11 Å². The number of rotatable bonds is 5.